The average Bonchev–Trinajstić information content (AvgIpc) is 3.61. The molecule has 4 unspecified atom stereocenters. The maximum absolute atomic E-state index is 13.7. The molecule has 4 rings (SSSR count). The lowest BCUT2D eigenvalue weighted by molar-refractivity contribution is -0.141. The molecule has 53 heavy (non-hydrogen) atoms. The third-order valence-electron chi connectivity index (χ3n) is 8.42. The van der Waals surface area contributed by atoms with Crippen LogP contribution in [0.5, 0.6) is 5.75 Å². The minimum Gasteiger partial charge on any atom is -0.491 e. The number of Topliss-reactive ketones (excluding diaryl/α,β-unsaturated/α-hetero) is 1. The highest BCUT2D eigenvalue weighted by molar-refractivity contribution is 6.38. The normalized spacial score (nSPS) is 16.1. The monoisotopic (exact) mass is 729 g/mol. The molecule has 0 aromatic heterocycles. The molecule has 1 saturated heterocycles. The first kappa shape index (κ1) is 40.0. The van der Waals surface area contributed by atoms with E-state index in [1.165, 1.54) is 9.80 Å². The third-order valence-corrected chi connectivity index (χ3v) is 8.42. The molecule has 3 aromatic carbocycles. The number of carbonyl (C=O) groups is 6. The minimum atomic E-state index is -1.23. The summed E-state index contributed by atoms with van der Waals surface area (Å²) in [4.78, 5) is 81.5. The van der Waals surface area contributed by atoms with E-state index in [-0.39, 0.29) is 45.1 Å². The number of benzene rings is 3. The van der Waals surface area contributed by atoms with Gasteiger partial charge in [-0.25, -0.2) is 4.79 Å². The van der Waals surface area contributed by atoms with Gasteiger partial charge in [0.2, 0.25) is 23.5 Å². The summed E-state index contributed by atoms with van der Waals surface area (Å²) < 4.78 is 17.2. The van der Waals surface area contributed by atoms with Gasteiger partial charge in [0.15, 0.2) is 0 Å². The van der Waals surface area contributed by atoms with Crippen LogP contribution in [0, 0.1) is 0 Å². The van der Waals surface area contributed by atoms with Crippen molar-refractivity contribution < 1.29 is 43.0 Å². The van der Waals surface area contributed by atoms with Crippen molar-refractivity contribution in [2.45, 2.75) is 57.0 Å². The van der Waals surface area contributed by atoms with E-state index in [2.05, 4.69) is 16.0 Å². The summed E-state index contributed by atoms with van der Waals surface area (Å²) in [7, 11) is 3.11. The van der Waals surface area contributed by atoms with Gasteiger partial charge in [0.1, 0.15) is 31.0 Å². The second kappa shape index (κ2) is 20.3. The minimum absolute atomic E-state index is 0.0129. The molecule has 1 aliphatic rings. The molecule has 0 saturated carbocycles. The Bertz CT molecular complexity index is 1670. The molecule has 0 spiro atoms. The number of ketones is 1. The van der Waals surface area contributed by atoms with Crippen LogP contribution in [-0.4, -0.2) is 104 Å². The van der Waals surface area contributed by atoms with Gasteiger partial charge in [-0.05, 0) is 29.7 Å². The first-order valence-electron chi connectivity index (χ1n) is 17.5. The zero-order valence-corrected chi connectivity index (χ0v) is 30.2. The van der Waals surface area contributed by atoms with E-state index in [0.717, 1.165) is 5.56 Å². The number of hydrogen-bond acceptors (Lipinski definition) is 9. The lowest BCUT2D eigenvalue weighted by atomic mass is 10.0. The number of rotatable bonds is 18. The van der Waals surface area contributed by atoms with Gasteiger partial charge in [-0.15, -0.1) is 0 Å². The Labute approximate surface area is 309 Å². The molecule has 0 radical (unpaired) electrons. The highest BCUT2D eigenvalue weighted by atomic mass is 16.6. The van der Waals surface area contributed by atoms with Crippen molar-refractivity contribution in [3.63, 3.8) is 0 Å². The Balaban J connectivity index is 1.37. The smallest absolute Gasteiger partial charge is 0.410 e. The van der Waals surface area contributed by atoms with Crippen LogP contribution in [0.15, 0.2) is 91.0 Å². The number of para-hydroxylation sites is 1. The highest BCUT2D eigenvalue weighted by Gasteiger charge is 2.42. The van der Waals surface area contributed by atoms with Crippen molar-refractivity contribution in [3.05, 3.63) is 102 Å². The predicted molar refractivity (Wildman–Crippen MR) is 194 cm³/mol. The van der Waals surface area contributed by atoms with Crippen molar-refractivity contribution >= 4 is 35.5 Å². The molecular formula is C39H47N5O9. The summed E-state index contributed by atoms with van der Waals surface area (Å²) in [6.07, 6.45) is -0.582. The van der Waals surface area contributed by atoms with Gasteiger partial charge in [0, 0.05) is 20.5 Å². The molecule has 282 valence electrons. The molecule has 4 atom stereocenters. The van der Waals surface area contributed by atoms with Crippen molar-refractivity contribution in [1.82, 2.24) is 25.8 Å². The van der Waals surface area contributed by atoms with E-state index >= 15 is 0 Å². The van der Waals surface area contributed by atoms with Crippen LogP contribution in [-0.2, 0) is 40.1 Å². The van der Waals surface area contributed by atoms with Crippen LogP contribution < -0.4 is 20.7 Å². The molecule has 0 aliphatic carbocycles. The number of likely N-dealkylation sites (tertiary alicyclic amines) is 1. The van der Waals surface area contributed by atoms with Crippen LogP contribution in [0.2, 0.25) is 0 Å². The van der Waals surface area contributed by atoms with Gasteiger partial charge >= 0.3 is 6.09 Å². The molecule has 14 nitrogen and oxygen atoms in total. The maximum atomic E-state index is 13.7. The second-order valence-electron chi connectivity index (χ2n) is 12.6. The molecule has 1 aliphatic heterocycles. The van der Waals surface area contributed by atoms with Crippen LogP contribution in [0.4, 0.5) is 4.79 Å². The van der Waals surface area contributed by atoms with Gasteiger partial charge in [-0.1, -0.05) is 92.2 Å². The van der Waals surface area contributed by atoms with E-state index in [4.69, 9.17) is 14.2 Å². The van der Waals surface area contributed by atoms with Gasteiger partial charge in [0.25, 0.3) is 5.91 Å². The number of likely N-dealkylation sites (N-methyl/N-ethyl adjacent to an activating group) is 1. The van der Waals surface area contributed by atoms with Crippen LogP contribution in [0.3, 0.4) is 0 Å². The molecule has 3 N–H and O–H groups in total. The number of amides is 5. The summed E-state index contributed by atoms with van der Waals surface area (Å²) in [6, 6.07) is 23.6. The Hall–Kier alpha value is -5.76. The number of nitrogens with zero attached hydrogens (tertiary/aromatic N) is 2. The Morgan fingerprint density at radius 2 is 1.49 bits per heavy atom. The van der Waals surface area contributed by atoms with E-state index in [9.17, 15) is 28.8 Å². The molecule has 5 amide bonds. The molecule has 14 heteroatoms. The summed E-state index contributed by atoms with van der Waals surface area (Å²) >= 11 is 0. The maximum Gasteiger partial charge on any atom is 0.410 e. The van der Waals surface area contributed by atoms with Crippen LogP contribution in [0.25, 0.3) is 0 Å². The fourth-order valence-corrected chi connectivity index (χ4v) is 5.70. The summed E-state index contributed by atoms with van der Waals surface area (Å²) in [5, 5.41) is 7.55. The highest BCUT2D eigenvalue weighted by Crippen LogP contribution is 2.23. The number of carbonyl (C=O) groups excluding carboxylic acids is 6. The SMILES string of the molecule is CCCC(NC(=O)C1CC(OCCOc2ccccc2)CN1C(=O)OCc1ccccc1)C(=O)C(=O)NCC(=O)NC(C(=O)N(C)C)c1ccccc1. The van der Waals surface area contributed by atoms with E-state index in [0.29, 0.717) is 17.7 Å². The second-order valence-corrected chi connectivity index (χ2v) is 12.6. The molecular weight excluding hydrogens is 682 g/mol. The van der Waals surface area contributed by atoms with Crippen LogP contribution in [0.1, 0.15) is 43.4 Å². The van der Waals surface area contributed by atoms with E-state index in [1.54, 1.807) is 63.5 Å². The average molecular weight is 730 g/mol. The van der Waals surface area contributed by atoms with Crippen molar-refractivity contribution in [1.29, 1.82) is 0 Å². The van der Waals surface area contributed by atoms with Gasteiger partial charge in [0.05, 0.1) is 31.8 Å². The largest absolute Gasteiger partial charge is 0.491 e. The molecule has 3 aromatic rings. The Kier molecular flexibility index (Phi) is 15.3. The van der Waals surface area contributed by atoms with Gasteiger partial charge in [-0.3, -0.25) is 28.9 Å². The first-order valence-corrected chi connectivity index (χ1v) is 17.5. The number of hydrogen-bond donors (Lipinski definition) is 3. The zero-order chi connectivity index (χ0) is 38.2. The molecule has 1 fully saturated rings. The zero-order valence-electron chi connectivity index (χ0n) is 30.2. The van der Waals surface area contributed by atoms with Gasteiger partial charge in [-0.2, -0.15) is 0 Å². The number of ether oxygens (including phenoxy) is 3. The fraction of sp³-hybridized carbons (Fsp3) is 0.385. The first-order chi connectivity index (χ1) is 25.6. The summed E-state index contributed by atoms with van der Waals surface area (Å²) in [5.74, 6) is -3.09. The standard InChI is InChI=1S/C39H47N5O9/c1-4-14-31(35(46)37(48)40-24-33(45)42-34(38(49)43(2)3)28-17-10-6-11-18-28)41-36(47)32-23-30(52-22-21-51-29-19-12-7-13-20-29)25-44(32)39(50)53-26-27-15-8-5-9-16-27/h5-13,15-20,30-32,34H,4,14,21-26H2,1-3H3,(H,40,48)(H,41,47)(H,42,45). The van der Waals surface area contributed by atoms with E-state index < -0.39 is 60.4 Å². The topological polar surface area (TPSA) is 173 Å². The number of nitrogens with one attached hydrogen (secondary N) is 3. The molecule has 1 heterocycles. The Morgan fingerprint density at radius 1 is 0.849 bits per heavy atom. The molecule has 0 bridgehead atoms. The lowest BCUT2D eigenvalue weighted by Gasteiger charge is -2.25. The van der Waals surface area contributed by atoms with Crippen LogP contribution >= 0.6 is 0 Å². The predicted octanol–water partition coefficient (Wildman–Crippen LogP) is 2.78. The van der Waals surface area contributed by atoms with Crippen molar-refractivity contribution in [3.8, 4) is 5.75 Å². The summed E-state index contributed by atoms with van der Waals surface area (Å²) in [6.45, 7) is 1.68. The van der Waals surface area contributed by atoms with Crippen molar-refractivity contribution in [2.75, 3.05) is 40.4 Å². The van der Waals surface area contributed by atoms with Crippen molar-refractivity contribution in [2.24, 2.45) is 0 Å². The fourth-order valence-electron chi connectivity index (χ4n) is 5.70. The lowest BCUT2D eigenvalue weighted by Crippen LogP contribution is -2.54. The summed E-state index contributed by atoms with van der Waals surface area (Å²) in [5.41, 5.74) is 1.31. The Morgan fingerprint density at radius 3 is 2.13 bits per heavy atom. The van der Waals surface area contributed by atoms with E-state index in [1.807, 2.05) is 48.5 Å². The van der Waals surface area contributed by atoms with Gasteiger partial charge < -0.3 is 35.1 Å². The third kappa shape index (κ3) is 12.2. The quantitative estimate of drug-likeness (QED) is 0.132.